The van der Waals surface area contributed by atoms with Crippen molar-refractivity contribution in [2.24, 2.45) is 5.92 Å². The maximum absolute atomic E-state index is 5.82. The number of likely N-dealkylation sites (tertiary alicyclic amines) is 1. The molecule has 5 heteroatoms. The van der Waals surface area contributed by atoms with Gasteiger partial charge in [-0.1, -0.05) is 18.2 Å². The van der Waals surface area contributed by atoms with Gasteiger partial charge in [0, 0.05) is 19.3 Å². The summed E-state index contributed by atoms with van der Waals surface area (Å²) >= 11 is 0. The summed E-state index contributed by atoms with van der Waals surface area (Å²) in [6.07, 6.45) is 3.01. The third kappa shape index (κ3) is 3.35. The Morgan fingerprint density at radius 3 is 2.96 bits per heavy atom. The number of nitrogens with zero attached hydrogens (tertiary/aromatic N) is 3. The van der Waals surface area contributed by atoms with Crippen LogP contribution >= 0.6 is 0 Å². The first-order chi connectivity index (χ1) is 11.4. The van der Waals surface area contributed by atoms with Crippen LogP contribution in [0.5, 0.6) is 0 Å². The molecule has 0 bridgehead atoms. The Morgan fingerprint density at radius 1 is 1.17 bits per heavy atom. The van der Waals surface area contributed by atoms with Crippen LogP contribution in [0.2, 0.25) is 0 Å². The summed E-state index contributed by atoms with van der Waals surface area (Å²) in [7, 11) is 0. The van der Waals surface area contributed by atoms with E-state index in [0.717, 1.165) is 49.0 Å². The Morgan fingerprint density at radius 2 is 2.09 bits per heavy atom. The fraction of sp³-hybridized carbons (Fsp3) is 0.333. The standard InChI is InChI=1S/C18H20N4O/c1-2-6-16-15(5-1)21-18(23-16)13-22-10-8-14(12-22)11-20-17-7-3-4-9-19-17/h1-7,9,14H,8,10-13H2,(H,19,20). The van der Waals surface area contributed by atoms with Gasteiger partial charge in [-0.2, -0.15) is 0 Å². The van der Waals surface area contributed by atoms with Gasteiger partial charge >= 0.3 is 0 Å². The van der Waals surface area contributed by atoms with Gasteiger partial charge < -0.3 is 9.73 Å². The molecule has 2 aromatic heterocycles. The summed E-state index contributed by atoms with van der Waals surface area (Å²) in [5, 5.41) is 3.42. The number of para-hydroxylation sites is 2. The molecule has 0 aliphatic carbocycles. The first kappa shape index (κ1) is 14.2. The molecule has 0 saturated carbocycles. The molecule has 1 fully saturated rings. The molecule has 5 nitrogen and oxygen atoms in total. The van der Waals surface area contributed by atoms with Crippen molar-refractivity contribution >= 4 is 16.9 Å². The predicted octanol–water partition coefficient (Wildman–Crippen LogP) is 3.16. The minimum Gasteiger partial charge on any atom is -0.439 e. The van der Waals surface area contributed by atoms with Crippen molar-refractivity contribution in [2.75, 3.05) is 25.0 Å². The van der Waals surface area contributed by atoms with E-state index in [9.17, 15) is 0 Å². The molecule has 0 amide bonds. The van der Waals surface area contributed by atoms with Gasteiger partial charge in [0.2, 0.25) is 5.89 Å². The van der Waals surface area contributed by atoms with Crippen LogP contribution in [0.15, 0.2) is 53.1 Å². The summed E-state index contributed by atoms with van der Waals surface area (Å²) in [6.45, 7) is 3.90. The highest BCUT2D eigenvalue weighted by Crippen LogP contribution is 2.21. The number of oxazole rings is 1. The molecule has 118 valence electrons. The van der Waals surface area contributed by atoms with E-state index >= 15 is 0 Å². The average molecular weight is 308 g/mol. The predicted molar refractivity (Wildman–Crippen MR) is 90.1 cm³/mol. The van der Waals surface area contributed by atoms with Gasteiger partial charge in [-0.15, -0.1) is 0 Å². The van der Waals surface area contributed by atoms with E-state index in [0.29, 0.717) is 5.92 Å². The van der Waals surface area contributed by atoms with Crippen molar-refractivity contribution < 1.29 is 4.42 Å². The molecule has 1 aliphatic rings. The van der Waals surface area contributed by atoms with Crippen LogP contribution in [0.3, 0.4) is 0 Å². The molecular formula is C18H20N4O. The third-order valence-corrected chi connectivity index (χ3v) is 4.30. The van der Waals surface area contributed by atoms with E-state index in [4.69, 9.17) is 4.42 Å². The van der Waals surface area contributed by atoms with Crippen molar-refractivity contribution in [3.63, 3.8) is 0 Å². The second-order valence-corrected chi connectivity index (χ2v) is 6.06. The quantitative estimate of drug-likeness (QED) is 0.784. The van der Waals surface area contributed by atoms with Crippen molar-refractivity contribution in [3.8, 4) is 0 Å². The lowest BCUT2D eigenvalue weighted by Crippen LogP contribution is -2.23. The average Bonchev–Trinajstić information content (AvgIpc) is 3.20. The van der Waals surface area contributed by atoms with Crippen LogP contribution in [-0.4, -0.2) is 34.5 Å². The molecule has 0 spiro atoms. The monoisotopic (exact) mass is 308 g/mol. The van der Waals surface area contributed by atoms with Crippen LogP contribution in [-0.2, 0) is 6.54 Å². The minimum atomic E-state index is 0.640. The zero-order valence-corrected chi connectivity index (χ0v) is 13.0. The lowest BCUT2D eigenvalue weighted by molar-refractivity contribution is 0.286. The lowest BCUT2D eigenvalue weighted by Gasteiger charge is -2.14. The van der Waals surface area contributed by atoms with Gasteiger partial charge in [-0.05, 0) is 43.1 Å². The Labute approximate surface area is 135 Å². The summed E-state index contributed by atoms with van der Waals surface area (Å²) in [5.74, 6) is 2.40. The van der Waals surface area contributed by atoms with Gasteiger partial charge in [0.15, 0.2) is 5.58 Å². The van der Waals surface area contributed by atoms with Crippen LogP contribution in [0, 0.1) is 5.92 Å². The van der Waals surface area contributed by atoms with Gasteiger partial charge in [0.05, 0.1) is 6.54 Å². The molecule has 1 unspecified atom stereocenters. The van der Waals surface area contributed by atoms with Crippen molar-refractivity contribution in [2.45, 2.75) is 13.0 Å². The van der Waals surface area contributed by atoms with Crippen LogP contribution in [0.25, 0.3) is 11.1 Å². The lowest BCUT2D eigenvalue weighted by atomic mass is 10.1. The topological polar surface area (TPSA) is 54.2 Å². The van der Waals surface area contributed by atoms with E-state index in [2.05, 4.69) is 20.2 Å². The number of anilines is 1. The first-order valence-corrected chi connectivity index (χ1v) is 8.08. The molecule has 23 heavy (non-hydrogen) atoms. The Kier molecular flexibility index (Phi) is 3.94. The van der Waals surface area contributed by atoms with E-state index in [1.165, 1.54) is 6.42 Å². The normalized spacial score (nSPS) is 18.5. The second-order valence-electron chi connectivity index (χ2n) is 6.06. The van der Waals surface area contributed by atoms with Gasteiger partial charge in [-0.25, -0.2) is 9.97 Å². The number of nitrogens with one attached hydrogen (secondary N) is 1. The smallest absolute Gasteiger partial charge is 0.209 e. The molecule has 0 radical (unpaired) electrons. The molecular weight excluding hydrogens is 288 g/mol. The maximum Gasteiger partial charge on any atom is 0.209 e. The number of aromatic nitrogens is 2. The fourth-order valence-electron chi connectivity index (χ4n) is 3.12. The summed E-state index contributed by atoms with van der Waals surface area (Å²) < 4.78 is 5.82. The molecule has 1 aliphatic heterocycles. The van der Waals surface area contributed by atoms with Crippen molar-refractivity contribution in [1.82, 2.24) is 14.9 Å². The number of hydrogen-bond donors (Lipinski definition) is 1. The van der Waals surface area contributed by atoms with Crippen LogP contribution in [0.1, 0.15) is 12.3 Å². The summed E-state index contributed by atoms with van der Waals surface area (Å²) in [6, 6.07) is 13.9. The molecule has 1 saturated heterocycles. The number of rotatable bonds is 5. The molecule has 4 rings (SSSR count). The number of hydrogen-bond acceptors (Lipinski definition) is 5. The largest absolute Gasteiger partial charge is 0.439 e. The number of pyridine rings is 1. The van der Waals surface area contributed by atoms with Crippen molar-refractivity contribution in [3.05, 3.63) is 54.6 Å². The second kappa shape index (κ2) is 6.38. The zero-order valence-electron chi connectivity index (χ0n) is 13.0. The van der Waals surface area contributed by atoms with Gasteiger partial charge in [-0.3, -0.25) is 4.90 Å². The first-order valence-electron chi connectivity index (χ1n) is 8.08. The highest BCUT2D eigenvalue weighted by molar-refractivity contribution is 5.72. The third-order valence-electron chi connectivity index (χ3n) is 4.30. The van der Waals surface area contributed by atoms with Gasteiger partial charge in [0.1, 0.15) is 11.3 Å². The Bertz CT molecular complexity index is 738. The summed E-state index contributed by atoms with van der Waals surface area (Å²) in [5.41, 5.74) is 1.81. The molecule has 1 N–H and O–H groups in total. The highest BCUT2D eigenvalue weighted by Gasteiger charge is 2.23. The van der Waals surface area contributed by atoms with Crippen molar-refractivity contribution in [1.29, 1.82) is 0 Å². The molecule has 1 atom stereocenters. The van der Waals surface area contributed by atoms with E-state index in [-0.39, 0.29) is 0 Å². The number of fused-ring (bicyclic) bond motifs is 1. The van der Waals surface area contributed by atoms with Crippen LogP contribution in [0.4, 0.5) is 5.82 Å². The van der Waals surface area contributed by atoms with E-state index in [1.807, 2.05) is 48.7 Å². The Balaban J connectivity index is 1.31. The number of benzene rings is 1. The summed E-state index contributed by atoms with van der Waals surface area (Å²) in [4.78, 5) is 11.3. The molecule has 1 aromatic carbocycles. The maximum atomic E-state index is 5.82. The highest BCUT2D eigenvalue weighted by atomic mass is 16.3. The Hall–Kier alpha value is -2.40. The fourth-order valence-corrected chi connectivity index (χ4v) is 3.12. The van der Waals surface area contributed by atoms with E-state index in [1.54, 1.807) is 0 Å². The van der Waals surface area contributed by atoms with Crippen LogP contribution < -0.4 is 5.32 Å². The zero-order chi connectivity index (χ0) is 15.5. The SMILES string of the molecule is c1ccc(NCC2CCN(Cc3nc4ccccc4o3)C2)nc1. The van der Waals surface area contributed by atoms with Gasteiger partial charge in [0.25, 0.3) is 0 Å². The van der Waals surface area contributed by atoms with E-state index < -0.39 is 0 Å². The molecule has 3 heterocycles. The molecule has 3 aromatic rings. The minimum absolute atomic E-state index is 0.640.